The van der Waals surface area contributed by atoms with E-state index < -0.39 is 14.8 Å². The van der Waals surface area contributed by atoms with Gasteiger partial charge >= 0.3 is 0 Å². The molecule has 2 N–H and O–H groups in total. The van der Waals surface area contributed by atoms with Crippen molar-refractivity contribution < 1.29 is 22.9 Å². The fourth-order valence-corrected chi connectivity index (χ4v) is 3.03. The SMILES string of the molecule is CCOc1ccc(C(=O)NCCNc2ccc(S(C)(=O)=O)cc2[N+](=O)[O-])cc1. The van der Waals surface area contributed by atoms with Gasteiger partial charge in [0.1, 0.15) is 11.4 Å². The van der Waals surface area contributed by atoms with E-state index in [9.17, 15) is 23.3 Å². The lowest BCUT2D eigenvalue weighted by Gasteiger charge is -2.10. The molecule has 0 aliphatic heterocycles. The summed E-state index contributed by atoms with van der Waals surface area (Å²) in [6, 6.07) is 10.3. The van der Waals surface area contributed by atoms with Crippen molar-refractivity contribution in [2.24, 2.45) is 0 Å². The van der Waals surface area contributed by atoms with Crippen LogP contribution in [0.4, 0.5) is 11.4 Å². The van der Waals surface area contributed by atoms with Crippen LogP contribution in [0.2, 0.25) is 0 Å². The summed E-state index contributed by atoms with van der Waals surface area (Å²) in [5.74, 6) is 0.386. The van der Waals surface area contributed by atoms with Crippen molar-refractivity contribution in [3.05, 3.63) is 58.1 Å². The number of ether oxygens (including phenoxy) is 1. The number of anilines is 1. The Hall–Kier alpha value is -3.14. The van der Waals surface area contributed by atoms with Gasteiger partial charge in [0.05, 0.1) is 16.4 Å². The first-order chi connectivity index (χ1) is 13.2. The Labute approximate surface area is 162 Å². The number of hydrogen-bond donors (Lipinski definition) is 2. The van der Waals surface area contributed by atoms with Gasteiger partial charge < -0.3 is 15.4 Å². The summed E-state index contributed by atoms with van der Waals surface area (Å²) in [6.07, 6.45) is 0.982. The zero-order valence-electron chi connectivity index (χ0n) is 15.5. The molecule has 150 valence electrons. The summed E-state index contributed by atoms with van der Waals surface area (Å²) in [5, 5.41) is 16.7. The molecule has 0 fully saturated rings. The average Bonchev–Trinajstić information content (AvgIpc) is 2.65. The molecular formula is C18H21N3O6S. The van der Waals surface area contributed by atoms with Gasteiger partial charge in [-0.25, -0.2) is 8.42 Å². The topological polar surface area (TPSA) is 128 Å². The van der Waals surface area contributed by atoms with E-state index in [0.717, 1.165) is 12.3 Å². The molecule has 0 radical (unpaired) electrons. The molecule has 0 heterocycles. The number of benzene rings is 2. The molecule has 0 bridgehead atoms. The number of amides is 1. The Bertz CT molecular complexity index is 958. The molecule has 0 saturated carbocycles. The minimum atomic E-state index is -3.55. The van der Waals surface area contributed by atoms with E-state index in [1.807, 2.05) is 6.92 Å². The molecule has 28 heavy (non-hydrogen) atoms. The van der Waals surface area contributed by atoms with Gasteiger partial charge in [-0.05, 0) is 43.3 Å². The lowest BCUT2D eigenvalue weighted by atomic mass is 10.2. The fourth-order valence-electron chi connectivity index (χ4n) is 2.39. The quantitative estimate of drug-likeness (QED) is 0.371. The summed E-state index contributed by atoms with van der Waals surface area (Å²) in [4.78, 5) is 22.5. The van der Waals surface area contributed by atoms with Crippen LogP contribution >= 0.6 is 0 Å². The summed E-state index contributed by atoms with van der Waals surface area (Å²) >= 11 is 0. The van der Waals surface area contributed by atoms with Crippen LogP contribution in [-0.2, 0) is 9.84 Å². The highest BCUT2D eigenvalue weighted by Crippen LogP contribution is 2.27. The van der Waals surface area contributed by atoms with Crippen LogP contribution in [0.15, 0.2) is 47.4 Å². The van der Waals surface area contributed by atoms with E-state index in [1.54, 1.807) is 24.3 Å². The summed E-state index contributed by atoms with van der Waals surface area (Å²) in [6.45, 7) is 2.85. The highest BCUT2D eigenvalue weighted by atomic mass is 32.2. The smallest absolute Gasteiger partial charge is 0.293 e. The van der Waals surface area contributed by atoms with Crippen LogP contribution in [0.5, 0.6) is 5.75 Å². The molecule has 0 spiro atoms. The first kappa shape index (κ1) is 21.2. The zero-order chi connectivity index (χ0) is 20.7. The van der Waals surface area contributed by atoms with Gasteiger partial charge in [-0.1, -0.05) is 0 Å². The minimum absolute atomic E-state index is 0.131. The number of nitrogens with zero attached hydrogens (tertiary/aromatic N) is 1. The number of sulfone groups is 1. The second kappa shape index (κ2) is 9.18. The molecule has 0 aromatic heterocycles. The van der Waals surface area contributed by atoms with Crippen LogP contribution in [0.3, 0.4) is 0 Å². The van der Waals surface area contributed by atoms with Gasteiger partial charge in [-0.3, -0.25) is 14.9 Å². The number of carbonyl (C=O) groups is 1. The lowest BCUT2D eigenvalue weighted by Crippen LogP contribution is -2.28. The van der Waals surface area contributed by atoms with Gasteiger partial charge in [0.2, 0.25) is 0 Å². The van der Waals surface area contributed by atoms with E-state index in [-0.39, 0.29) is 35.3 Å². The molecule has 0 atom stereocenters. The fraction of sp³-hybridized carbons (Fsp3) is 0.278. The second-order valence-corrected chi connectivity index (χ2v) is 7.86. The summed E-state index contributed by atoms with van der Waals surface area (Å²) in [7, 11) is -3.55. The van der Waals surface area contributed by atoms with Crippen molar-refractivity contribution >= 4 is 27.1 Å². The first-order valence-electron chi connectivity index (χ1n) is 8.45. The standard InChI is InChI=1S/C18H21N3O6S/c1-3-27-14-6-4-13(5-7-14)18(22)20-11-10-19-16-9-8-15(28(2,25)26)12-17(16)21(23)24/h4-9,12,19H,3,10-11H2,1-2H3,(H,20,22). The Kier molecular flexibility index (Phi) is 6.94. The van der Waals surface area contributed by atoms with Crippen molar-refractivity contribution in [3.8, 4) is 5.75 Å². The first-order valence-corrected chi connectivity index (χ1v) is 10.3. The zero-order valence-corrected chi connectivity index (χ0v) is 16.3. The number of carbonyl (C=O) groups excluding carboxylic acids is 1. The van der Waals surface area contributed by atoms with E-state index in [2.05, 4.69) is 10.6 Å². The number of nitrogens with one attached hydrogen (secondary N) is 2. The van der Waals surface area contributed by atoms with E-state index in [0.29, 0.717) is 17.9 Å². The Morgan fingerprint density at radius 3 is 2.39 bits per heavy atom. The van der Waals surface area contributed by atoms with Gasteiger partial charge in [0.15, 0.2) is 9.84 Å². The molecule has 2 aromatic rings. The van der Waals surface area contributed by atoms with Crippen LogP contribution in [-0.4, -0.2) is 45.2 Å². The average molecular weight is 407 g/mol. The highest BCUT2D eigenvalue weighted by molar-refractivity contribution is 7.90. The maximum Gasteiger partial charge on any atom is 0.293 e. The molecule has 0 saturated heterocycles. The molecular weight excluding hydrogens is 386 g/mol. The normalized spacial score (nSPS) is 10.9. The van der Waals surface area contributed by atoms with Gasteiger partial charge in [-0.2, -0.15) is 0 Å². The van der Waals surface area contributed by atoms with E-state index in [4.69, 9.17) is 4.74 Å². The van der Waals surface area contributed by atoms with Gasteiger partial charge in [0.25, 0.3) is 11.6 Å². The monoisotopic (exact) mass is 407 g/mol. The molecule has 0 unspecified atom stereocenters. The Balaban J connectivity index is 1.94. The van der Waals surface area contributed by atoms with Crippen LogP contribution < -0.4 is 15.4 Å². The summed E-state index contributed by atoms with van der Waals surface area (Å²) in [5.41, 5.74) is 0.292. The maximum absolute atomic E-state index is 12.1. The van der Waals surface area contributed by atoms with Crippen molar-refractivity contribution in [2.45, 2.75) is 11.8 Å². The molecule has 2 aromatic carbocycles. The highest BCUT2D eigenvalue weighted by Gasteiger charge is 2.18. The molecule has 2 rings (SSSR count). The number of hydrogen-bond acceptors (Lipinski definition) is 7. The largest absolute Gasteiger partial charge is 0.494 e. The third kappa shape index (κ3) is 5.68. The lowest BCUT2D eigenvalue weighted by molar-refractivity contribution is -0.384. The minimum Gasteiger partial charge on any atom is -0.494 e. The third-order valence-electron chi connectivity index (χ3n) is 3.75. The van der Waals surface area contributed by atoms with Gasteiger partial charge in [0, 0.05) is 31.0 Å². The Morgan fingerprint density at radius 1 is 1.14 bits per heavy atom. The van der Waals surface area contributed by atoms with Crippen molar-refractivity contribution in [1.82, 2.24) is 5.32 Å². The van der Waals surface area contributed by atoms with Crippen molar-refractivity contribution in [3.63, 3.8) is 0 Å². The van der Waals surface area contributed by atoms with E-state index >= 15 is 0 Å². The summed E-state index contributed by atoms with van der Waals surface area (Å²) < 4.78 is 28.4. The molecule has 0 aliphatic carbocycles. The number of nitro groups is 1. The van der Waals surface area contributed by atoms with Crippen molar-refractivity contribution in [2.75, 3.05) is 31.3 Å². The predicted molar refractivity (Wildman–Crippen MR) is 105 cm³/mol. The predicted octanol–water partition coefficient (Wildman–Crippen LogP) is 2.24. The maximum atomic E-state index is 12.1. The third-order valence-corrected chi connectivity index (χ3v) is 4.86. The number of rotatable bonds is 9. The molecule has 10 heteroatoms. The Morgan fingerprint density at radius 2 is 1.82 bits per heavy atom. The second-order valence-electron chi connectivity index (χ2n) is 5.85. The number of nitro benzene ring substituents is 1. The molecule has 0 aliphatic rings. The van der Waals surface area contributed by atoms with Crippen LogP contribution in [0.25, 0.3) is 0 Å². The van der Waals surface area contributed by atoms with Gasteiger partial charge in [-0.15, -0.1) is 0 Å². The van der Waals surface area contributed by atoms with E-state index in [1.165, 1.54) is 12.1 Å². The van der Waals surface area contributed by atoms with Crippen molar-refractivity contribution in [1.29, 1.82) is 0 Å². The van der Waals surface area contributed by atoms with Crippen LogP contribution in [0, 0.1) is 10.1 Å². The van der Waals surface area contributed by atoms with Crippen LogP contribution in [0.1, 0.15) is 17.3 Å². The molecule has 1 amide bonds. The molecule has 9 nitrogen and oxygen atoms in total.